The van der Waals surface area contributed by atoms with E-state index in [9.17, 15) is 4.79 Å². The predicted octanol–water partition coefficient (Wildman–Crippen LogP) is 3.86. The van der Waals surface area contributed by atoms with E-state index < -0.39 is 0 Å². The summed E-state index contributed by atoms with van der Waals surface area (Å²) >= 11 is 6.14. The number of carbonyl (C=O) groups is 1. The zero-order chi connectivity index (χ0) is 19.2. The summed E-state index contributed by atoms with van der Waals surface area (Å²) < 4.78 is 5.45. The molecule has 8 heteroatoms. The standard InChI is InChI=1S/C21H32ClN3O2.2ClH/c1-16(17-4-3-7-23-14-17)12-21(26)25-10-8-24(9-11-25)15-18-13-19(22)5-6-20(18)27-2;;/h5-6,13,16-17,23H,3-4,7-12,14-15H2,1-2H3;2*1H. The highest BCUT2D eigenvalue weighted by Crippen LogP contribution is 2.25. The number of nitrogens with zero attached hydrogens (tertiary/aromatic N) is 2. The summed E-state index contributed by atoms with van der Waals surface area (Å²) in [7, 11) is 1.69. The highest BCUT2D eigenvalue weighted by Gasteiger charge is 2.26. The van der Waals surface area contributed by atoms with Gasteiger partial charge in [-0.3, -0.25) is 9.69 Å². The third-order valence-electron chi connectivity index (χ3n) is 6.00. The van der Waals surface area contributed by atoms with E-state index in [0.29, 0.717) is 24.2 Å². The Morgan fingerprint density at radius 2 is 2.00 bits per heavy atom. The zero-order valence-corrected chi connectivity index (χ0v) is 19.8. The third kappa shape index (κ3) is 7.48. The molecule has 0 aliphatic carbocycles. The van der Waals surface area contributed by atoms with E-state index in [4.69, 9.17) is 16.3 Å². The second-order valence-electron chi connectivity index (χ2n) is 7.90. The van der Waals surface area contributed by atoms with Crippen molar-refractivity contribution >= 4 is 42.3 Å². The molecule has 1 aromatic rings. The molecular formula is C21H34Cl3N3O2. The van der Waals surface area contributed by atoms with Gasteiger partial charge in [-0.05, 0) is 56.0 Å². The van der Waals surface area contributed by atoms with Crippen LogP contribution in [-0.2, 0) is 11.3 Å². The van der Waals surface area contributed by atoms with Gasteiger partial charge in [0.15, 0.2) is 0 Å². The van der Waals surface area contributed by atoms with Crippen LogP contribution in [0.25, 0.3) is 0 Å². The molecule has 2 heterocycles. The summed E-state index contributed by atoms with van der Waals surface area (Å²) in [5.41, 5.74) is 1.10. The summed E-state index contributed by atoms with van der Waals surface area (Å²) in [5.74, 6) is 2.28. The van der Waals surface area contributed by atoms with Crippen molar-refractivity contribution in [3.63, 3.8) is 0 Å². The van der Waals surface area contributed by atoms with Crippen molar-refractivity contribution in [2.75, 3.05) is 46.4 Å². The van der Waals surface area contributed by atoms with Crippen LogP contribution >= 0.6 is 36.4 Å². The van der Waals surface area contributed by atoms with Crippen LogP contribution in [0.2, 0.25) is 5.02 Å². The number of nitrogens with one attached hydrogen (secondary N) is 1. The van der Waals surface area contributed by atoms with E-state index in [1.54, 1.807) is 7.11 Å². The molecule has 29 heavy (non-hydrogen) atoms. The fraction of sp³-hybridized carbons (Fsp3) is 0.667. The van der Waals surface area contributed by atoms with Crippen molar-refractivity contribution in [3.8, 4) is 5.75 Å². The Morgan fingerprint density at radius 3 is 2.62 bits per heavy atom. The average molecular weight is 467 g/mol. The molecule has 2 atom stereocenters. The number of hydrogen-bond acceptors (Lipinski definition) is 4. The number of amides is 1. The molecule has 1 aromatic carbocycles. The lowest BCUT2D eigenvalue weighted by Gasteiger charge is -2.36. The molecule has 2 aliphatic heterocycles. The van der Waals surface area contributed by atoms with Crippen molar-refractivity contribution in [1.29, 1.82) is 0 Å². The maximum Gasteiger partial charge on any atom is 0.222 e. The van der Waals surface area contributed by atoms with Crippen LogP contribution in [0, 0.1) is 11.8 Å². The number of hydrogen-bond donors (Lipinski definition) is 1. The lowest BCUT2D eigenvalue weighted by Crippen LogP contribution is -2.49. The lowest BCUT2D eigenvalue weighted by molar-refractivity contribution is -0.134. The number of benzene rings is 1. The molecule has 0 radical (unpaired) electrons. The minimum absolute atomic E-state index is 0. The van der Waals surface area contributed by atoms with Crippen LogP contribution < -0.4 is 10.1 Å². The van der Waals surface area contributed by atoms with E-state index in [1.807, 2.05) is 23.1 Å². The number of carbonyl (C=O) groups excluding carboxylic acids is 1. The fourth-order valence-corrected chi connectivity index (χ4v) is 4.40. The smallest absolute Gasteiger partial charge is 0.222 e. The second kappa shape index (κ2) is 12.9. The van der Waals surface area contributed by atoms with Crippen molar-refractivity contribution in [2.24, 2.45) is 11.8 Å². The van der Waals surface area contributed by atoms with Crippen LogP contribution in [-0.4, -0.2) is 62.1 Å². The number of halogens is 3. The molecule has 5 nitrogen and oxygen atoms in total. The molecule has 2 aliphatic rings. The quantitative estimate of drug-likeness (QED) is 0.691. The molecule has 0 bridgehead atoms. The van der Waals surface area contributed by atoms with Gasteiger partial charge in [0.1, 0.15) is 5.75 Å². The summed E-state index contributed by atoms with van der Waals surface area (Å²) in [4.78, 5) is 17.1. The monoisotopic (exact) mass is 465 g/mol. The van der Waals surface area contributed by atoms with Gasteiger partial charge < -0.3 is 15.0 Å². The Hall–Kier alpha value is -0.720. The van der Waals surface area contributed by atoms with E-state index in [-0.39, 0.29) is 24.8 Å². The van der Waals surface area contributed by atoms with E-state index in [2.05, 4.69) is 17.1 Å². The van der Waals surface area contributed by atoms with E-state index in [1.165, 1.54) is 12.8 Å². The number of piperidine rings is 1. The lowest BCUT2D eigenvalue weighted by atomic mass is 9.85. The molecule has 1 N–H and O–H groups in total. The predicted molar refractivity (Wildman–Crippen MR) is 124 cm³/mol. The minimum Gasteiger partial charge on any atom is -0.496 e. The Balaban J connectivity index is 0.00000210. The fourth-order valence-electron chi connectivity index (χ4n) is 4.20. The van der Waals surface area contributed by atoms with E-state index in [0.717, 1.165) is 62.1 Å². The second-order valence-corrected chi connectivity index (χ2v) is 8.34. The highest BCUT2D eigenvalue weighted by atomic mass is 35.5. The first kappa shape index (κ1) is 26.3. The third-order valence-corrected chi connectivity index (χ3v) is 6.23. The summed E-state index contributed by atoms with van der Waals surface area (Å²) in [6.07, 6.45) is 3.15. The van der Waals surface area contributed by atoms with Crippen molar-refractivity contribution in [3.05, 3.63) is 28.8 Å². The first-order chi connectivity index (χ1) is 13.1. The van der Waals surface area contributed by atoms with Crippen LogP contribution in [0.1, 0.15) is 31.7 Å². The normalized spacial score (nSPS) is 20.9. The molecule has 2 saturated heterocycles. The van der Waals surface area contributed by atoms with Gasteiger partial charge in [-0.2, -0.15) is 0 Å². The van der Waals surface area contributed by atoms with Gasteiger partial charge in [-0.1, -0.05) is 18.5 Å². The van der Waals surface area contributed by atoms with Gasteiger partial charge in [0.2, 0.25) is 5.91 Å². The van der Waals surface area contributed by atoms with Gasteiger partial charge in [-0.15, -0.1) is 24.8 Å². The van der Waals surface area contributed by atoms with Crippen LogP contribution in [0.4, 0.5) is 0 Å². The largest absolute Gasteiger partial charge is 0.496 e. The van der Waals surface area contributed by atoms with Gasteiger partial charge in [-0.25, -0.2) is 0 Å². The summed E-state index contributed by atoms with van der Waals surface area (Å²) in [6, 6.07) is 5.74. The highest BCUT2D eigenvalue weighted by molar-refractivity contribution is 6.30. The molecule has 2 fully saturated rings. The van der Waals surface area contributed by atoms with Gasteiger partial charge in [0.05, 0.1) is 7.11 Å². The summed E-state index contributed by atoms with van der Waals surface area (Å²) in [6.45, 7) is 8.60. The maximum absolute atomic E-state index is 12.7. The molecule has 166 valence electrons. The molecule has 2 unspecified atom stereocenters. The van der Waals surface area contributed by atoms with Crippen LogP contribution in [0.3, 0.4) is 0 Å². The first-order valence-electron chi connectivity index (χ1n) is 10.1. The van der Waals surface area contributed by atoms with Crippen LogP contribution in [0.15, 0.2) is 18.2 Å². The summed E-state index contributed by atoms with van der Waals surface area (Å²) in [5, 5.41) is 4.19. The minimum atomic E-state index is 0. The molecule has 1 amide bonds. The topological polar surface area (TPSA) is 44.8 Å². The Bertz CT molecular complexity index is 634. The zero-order valence-electron chi connectivity index (χ0n) is 17.4. The number of ether oxygens (including phenoxy) is 1. The molecule has 0 saturated carbocycles. The van der Waals surface area contributed by atoms with E-state index >= 15 is 0 Å². The Labute approximate surface area is 192 Å². The molecule has 0 spiro atoms. The van der Waals surface area contributed by atoms with Crippen molar-refractivity contribution in [2.45, 2.75) is 32.7 Å². The SMILES string of the molecule is COc1ccc(Cl)cc1CN1CCN(C(=O)CC(C)C2CCCNC2)CC1.Cl.Cl. The van der Waals surface area contributed by atoms with Gasteiger partial charge in [0, 0.05) is 49.7 Å². The Morgan fingerprint density at radius 1 is 1.28 bits per heavy atom. The first-order valence-corrected chi connectivity index (χ1v) is 10.5. The molecule has 0 aromatic heterocycles. The maximum atomic E-state index is 12.7. The van der Waals surface area contributed by atoms with Crippen molar-refractivity contribution < 1.29 is 9.53 Å². The number of piperazine rings is 1. The number of rotatable bonds is 6. The van der Waals surface area contributed by atoms with Crippen LogP contribution in [0.5, 0.6) is 5.75 Å². The average Bonchev–Trinajstić information content (AvgIpc) is 2.69. The molecule has 3 rings (SSSR count). The number of methoxy groups -OCH3 is 1. The van der Waals surface area contributed by atoms with Gasteiger partial charge >= 0.3 is 0 Å². The van der Waals surface area contributed by atoms with Crippen molar-refractivity contribution in [1.82, 2.24) is 15.1 Å². The van der Waals surface area contributed by atoms with Gasteiger partial charge in [0.25, 0.3) is 0 Å². The Kier molecular flexibility index (Phi) is 11.7. The molecular weight excluding hydrogens is 433 g/mol.